The lowest BCUT2D eigenvalue weighted by Gasteiger charge is -2.32. The second-order valence-electron chi connectivity index (χ2n) is 4.47. The molecule has 0 saturated carbocycles. The zero-order valence-electron chi connectivity index (χ0n) is 9.50. The highest BCUT2D eigenvalue weighted by atomic mass is 16.5. The number of allylic oxidation sites excluding steroid dienone is 4. The maximum Gasteiger partial charge on any atom is 0.147 e. The summed E-state index contributed by atoms with van der Waals surface area (Å²) >= 11 is 0. The molecule has 2 heteroatoms. The molecule has 2 nitrogen and oxygen atoms in total. The number of rotatable bonds is 1. The van der Waals surface area contributed by atoms with Gasteiger partial charge in [-0.3, -0.25) is 4.79 Å². The fourth-order valence-corrected chi connectivity index (χ4v) is 2.41. The van der Waals surface area contributed by atoms with Gasteiger partial charge in [0.1, 0.15) is 17.6 Å². The Balaban J connectivity index is 1.88. The van der Waals surface area contributed by atoms with Gasteiger partial charge in [-0.25, -0.2) is 0 Å². The van der Waals surface area contributed by atoms with Gasteiger partial charge in [-0.15, -0.1) is 0 Å². The summed E-state index contributed by atoms with van der Waals surface area (Å²) in [6.07, 6.45) is 7.07. The number of benzene rings is 1. The van der Waals surface area contributed by atoms with Gasteiger partial charge in [0.2, 0.25) is 0 Å². The minimum atomic E-state index is -0.113. The van der Waals surface area contributed by atoms with Gasteiger partial charge in [0.25, 0.3) is 0 Å². The molecule has 1 fully saturated rings. The molecule has 1 aliphatic carbocycles. The normalized spacial score (nSPS) is 27.1. The summed E-state index contributed by atoms with van der Waals surface area (Å²) in [4.78, 5) is 12.1. The second-order valence-corrected chi connectivity index (χ2v) is 4.47. The van der Waals surface area contributed by atoms with Gasteiger partial charge >= 0.3 is 0 Å². The van der Waals surface area contributed by atoms with Gasteiger partial charge < -0.3 is 4.74 Å². The lowest BCUT2D eigenvalue weighted by molar-refractivity contribution is -0.130. The van der Waals surface area contributed by atoms with Crippen LogP contribution in [0.5, 0.6) is 0 Å². The molecule has 3 rings (SSSR count). The number of fused-ring (bicyclic) bond motifs is 1. The van der Waals surface area contributed by atoms with Crippen molar-refractivity contribution < 1.29 is 9.53 Å². The molecule has 1 aromatic rings. The van der Waals surface area contributed by atoms with E-state index in [4.69, 9.17) is 4.74 Å². The number of carbonyl (C=O) groups is 1. The van der Waals surface area contributed by atoms with E-state index in [1.165, 1.54) is 0 Å². The van der Waals surface area contributed by atoms with Gasteiger partial charge in [-0.1, -0.05) is 42.5 Å². The molecule has 0 bridgehead atoms. The van der Waals surface area contributed by atoms with E-state index in [2.05, 4.69) is 0 Å². The minimum absolute atomic E-state index is 0.0417. The van der Waals surface area contributed by atoms with Crippen molar-refractivity contribution in [1.29, 1.82) is 0 Å². The number of hydrogen-bond acceptors (Lipinski definition) is 2. The van der Waals surface area contributed by atoms with E-state index in [1.807, 2.05) is 48.6 Å². The Morgan fingerprint density at radius 3 is 2.82 bits per heavy atom. The van der Waals surface area contributed by atoms with Crippen LogP contribution in [0.3, 0.4) is 0 Å². The molecule has 86 valence electrons. The SMILES string of the molecule is O=C1CC(c2ccccc2)OC2=CC=CCC12. The number of carbonyl (C=O) groups excluding carboxylic acids is 1. The van der Waals surface area contributed by atoms with E-state index in [0.29, 0.717) is 12.2 Å². The van der Waals surface area contributed by atoms with E-state index in [-0.39, 0.29) is 12.0 Å². The van der Waals surface area contributed by atoms with Crippen LogP contribution in [0.1, 0.15) is 24.5 Å². The summed E-state index contributed by atoms with van der Waals surface area (Å²) in [6, 6.07) is 9.95. The highest BCUT2D eigenvalue weighted by Crippen LogP contribution is 2.37. The Labute approximate surface area is 101 Å². The first-order chi connectivity index (χ1) is 8.34. The molecular formula is C15H14O2. The standard InChI is InChI=1S/C15H14O2/c16-13-10-15(11-6-2-1-3-7-11)17-14-9-5-4-8-12(13)14/h1-7,9,12,15H,8,10H2. The van der Waals surface area contributed by atoms with Crippen molar-refractivity contribution in [3.05, 3.63) is 59.9 Å². The van der Waals surface area contributed by atoms with Gasteiger partial charge in [0.05, 0.1) is 5.92 Å². The van der Waals surface area contributed by atoms with Crippen LogP contribution in [0.15, 0.2) is 54.3 Å². The van der Waals surface area contributed by atoms with Crippen LogP contribution in [0.25, 0.3) is 0 Å². The summed E-state index contributed by atoms with van der Waals surface area (Å²) in [6.45, 7) is 0. The smallest absolute Gasteiger partial charge is 0.147 e. The molecule has 2 atom stereocenters. The average Bonchev–Trinajstić information content (AvgIpc) is 2.40. The maximum absolute atomic E-state index is 12.1. The predicted octanol–water partition coefficient (Wildman–Crippen LogP) is 3.18. The van der Waals surface area contributed by atoms with Gasteiger partial charge in [0, 0.05) is 6.42 Å². The van der Waals surface area contributed by atoms with E-state index in [9.17, 15) is 4.79 Å². The molecular weight excluding hydrogens is 212 g/mol. The third kappa shape index (κ3) is 1.91. The molecule has 2 aliphatic rings. The Morgan fingerprint density at radius 1 is 1.18 bits per heavy atom. The summed E-state index contributed by atoms with van der Waals surface area (Å²) < 4.78 is 5.94. The first kappa shape index (κ1) is 10.3. The van der Waals surface area contributed by atoms with E-state index >= 15 is 0 Å². The second kappa shape index (κ2) is 4.21. The van der Waals surface area contributed by atoms with E-state index in [1.54, 1.807) is 0 Å². The molecule has 1 aromatic carbocycles. The first-order valence-corrected chi connectivity index (χ1v) is 5.95. The van der Waals surface area contributed by atoms with Crippen LogP contribution in [-0.4, -0.2) is 5.78 Å². The maximum atomic E-state index is 12.1. The molecule has 0 spiro atoms. The van der Waals surface area contributed by atoms with Gasteiger partial charge in [-0.05, 0) is 18.1 Å². The minimum Gasteiger partial charge on any atom is -0.489 e. The van der Waals surface area contributed by atoms with Crippen LogP contribution in [0, 0.1) is 5.92 Å². The topological polar surface area (TPSA) is 26.3 Å². The molecule has 0 aromatic heterocycles. The monoisotopic (exact) mass is 226 g/mol. The molecule has 17 heavy (non-hydrogen) atoms. The molecule has 1 saturated heterocycles. The Morgan fingerprint density at radius 2 is 2.00 bits per heavy atom. The molecule has 1 heterocycles. The molecule has 0 radical (unpaired) electrons. The fraction of sp³-hybridized carbons (Fsp3) is 0.267. The summed E-state index contributed by atoms with van der Waals surface area (Å²) in [5.41, 5.74) is 1.08. The molecule has 0 amide bonds. The first-order valence-electron chi connectivity index (χ1n) is 5.95. The molecule has 1 aliphatic heterocycles. The number of hydrogen-bond donors (Lipinski definition) is 0. The zero-order valence-corrected chi connectivity index (χ0v) is 9.50. The summed E-state index contributed by atoms with van der Waals surface area (Å²) in [7, 11) is 0. The van der Waals surface area contributed by atoms with Crippen molar-refractivity contribution in [3.63, 3.8) is 0 Å². The van der Waals surface area contributed by atoms with Crippen LogP contribution in [-0.2, 0) is 9.53 Å². The van der Waals surface area contributed by atoms with Crippen LogP contribution < -0.4 is 0 Å². The zero-order chi connectivity index (χ0) is 11.7. The third-order valence-electron chi connectivity index (χ3n) is 3.34. The van der Waals surface area contributed by atoms with Crippen LogP contribution in [0.4, 0.5) is 0 Å². The van der Waals surface area contributed by atoms with E-state index in [0.717, 1.165) is 17.7 Å². The fourth-order valence-electron chi connectivity index (χ4n) is 2.41. The van der Waals surface area contributed by atoms with Gasteiger partial charge in [0.15, 0.2) is 0 Å². The van der Waals surface area contributed by atoms with Crippen molar-refractivity contribution >= 4 is 5.78 Å². The third-order valence-corrected chi connectivity index (χ3v) is 3.34. The Hall–Kier alpha value is -1.83. The van der Waals surface area contributed by atoms with Gasteiger partial charge in [-0.2, -0.15) is 0 Å². The Kier molecular flexibility index (Phi) is 2.56. The van der Waals surface area contributed by atoms with Crippen LogP contribution in [0.2, 0.25) is 0 Å². The van der Waals surface area contributed by atoms with Crippen molar-refractivity contribution in [1.82, 2.24) is 0 Å². The largest absolute Gasteiger partial charge is 0.489 e. The van der Waals surface area contributed by atoms with Crippen molar-refractivity contribution in [3.8, 4) is 0 Å². The van der Waals surface area contributed by atoms with Crippen LogP contribution >= 0.6 is 0 Å². The number of Topliss-reactive ketones (excluding diaryl/α,β-unsaturated/α-hetero) is 1. The highest BCUT2D eigenvalue weighted by Gasteiger charge is 2.34. The molecule has 2 unspecified atom stereocenters. The highest BCUT2D eigenvalue weighted by molar-refractivity contribution is 5.85. The lowest BCUT2D eigenvalue weighted by atomic mass is 9.87. The van der Waals surface area contributed by atoms with Crippen molar-refractivity contribution in [2.24, 2.45) is 5.92 Å². The molecule has 0 N–H and O–H groups in total. The number of ketones is 1. The Bertz CT molecular complexity index is 485. The summed E-state index contributed by atoms with van der Waals surface area (Å²) in [5.74, 6) is 1.08. The quantitative estimate of drug-likeness (QED) is 0.735. The number of ether oxygens (including phenoxy) is 1. The predicted molar refractivity (Wildman–Crippen MR) is 65.2 cm³/mol. The lowest BCUT2D eigenvalue weighted by Crippen LogP contribution is -2.28. The van der Waals surface area contributed by atoms with Crippen molar-refractivity contribution in [2.75, 3.05) is 0 Å². The van der Waals surface area contributed by atoms with E-state index < -0.39 is 0 Å². The van der Waals surface area contributed by atoms with Crippen molar-refractivity contribution in [2.45, 2.75) is 18.9 Å². The summed E-state index contributed by atoms with van der Waals surface area (Å²) in [5, 5.41) is 0. The average molecular weight is 226 g/mol.